The van der Waals surface area contributed by atoms with Gasteiger partial charge in [0.2, 0.25) is 0 Å². The number of nitrogens with one attached hydrogen (secondary N) is 1. The minimum atomic E-state index is 0.443. The van der Waals surface area contributed by atoms with Crippen LogP contribution in [-0.2, 0) is 6.54 Å². The summed E-state index contributed by atoms with van der Waals surface area (Å²) in [5, 5.41) is 9.59. The first kappa shape index (κ1) is 17.0. The Labute approximate surface area is 157 Å². The van der Waals surface area contributed by atoms with Crippen LogP contribution in [0.2, 0.25) is 0 Å². The monoisotopic (exact) mass is 359 g/mol. The molecular weight excluding hydrogens is 338 g/mol. The number of methoxy groups -OCH3 is 1. The Morgan fingerprint density at radius 2 is 1.81 bits per heavy atom. The maximum Gasteiger partial charge on any atom is 0.150 e. The lowest BCUT2D eigenvalue weighted by Crippen LogP contribution is -2.22. The average Bonchev–Trinajstić information content (AvgIpc) is 2.96. The predicted molar refractivity (Wildman–Crippen MR) is 104 cm³/mol. The van der Waals surface area contributed by atoms with Gasteiger partial charge in [-0.15, -0.1) is 0 Å². The molecule has 0 bridgehead atoms. The first-order valence-electron chi connectivity index (χ1n) is 8.76. The second kappa shape index (κ2) is 6.72. The van der Waals surface area contributed by atoms with Crippen molar-refractivity contribution in [1.29, 1.82) is 5.41 Å². The fraction of sp³-hybridized carbons (Fsp3) is 0.190. The lowest BCUT2D eigenvalue weighted by molar-refractivity contribution is 0.415. The minimum absolute atomic E-state index is 0.443. The average molecular weight is 359 g/mol. The van der Waals surface area contributed by atoms with Gasteiger partial charge >= 0.3 is 0 Å². The van der Waals surface area contributed by atoms with Crippen LogP contribution in [0.25, 0.3) is 16.7 Å². The number of fused-ring (bicyclic) bond motifs is 1. The highest BCUT2D eigenvalue weighted by Crippen LogP contribution is 2.26. The van der Waals surface area contributed by atoms with Gasteiger partial charge in [0.25, 0.3) is 0 Å². The van der Waals surface area contributed by atoms with E-state index in [1.54, 1.807) is 19.6 Å². The van der Waals surface area contributed by atoms with Crippen molar-refractivity contribution >= 4 is 11.0 Å². The number of nitrogens with zero attached hydrogens (tertiary/aromatic N) is 4. The maximum atomic E-state index is 8.73. The molecule has 1 N–H and O–H groups in total. The summed E-state index contributed by atoms with van der Waals surface area (Å²) in [6.07, 6.45) is 3.49. The molecule has 0 fully saturated rings. The SMILES string of the molecule is COc1ccc(-n2c(C)c(C)c3c(=N)n(Cc4ccccn4)cnc32)cc1. The molecule has 136 valence electrons. The fourth-order valence-electron chi connectivity index (χ4n) is 3.35. The highest BCUT2D eigenvalue weighted by Gasteiger charge is 2.16. The second-order valence-electron chi connectivity index (χ2n) is 6.48. The van der Waals surface area contributed by atoms with E-state index in [9.17, 15) is 0 Å². The van der Waals surface area contributed by atoms with E-state index < -0.39 is 0 Å². The van der Waals surface area contributed by atoms with Crippen LogP contribution in [0.5, 0.6) is 5.75 Å². The van der Waals surface area contributed by atoms with Crippen LogP contribution < -0.4 is 10.2 Å². The van der Waals surface area contributed by atoms with Crippen molar-refractivity contribution in [3.63, 3.8) is 0 Å². The number of aryl methyl sites for hydroxylation is 1. The molecule has 6 heteroatoms. The van der Waals surface area contributed by atoms with Gasteiger partial charge in [-0.1, -0.05) is 6.07 Å². The van der Waals surface area contributed by atoms with Gasteiger partial charge in [-0.2, -0.15) is 0 Å². The third kappa shape index (κ3) is 2.89. The predicted octanol–water partition coefficient (Wildman–Crippen LogP) is 3.38. The van der Waals surface area contributed by atoms with Crippen LogP contribution in [0, 0.1) is 19.3 Å². The number of benzene rings is 1. The molecule has 0 saturated heterocycles. The Kier molecular flexibility index (Phi) is 4.24. The highest BCUT2D eigenvalue weighted by atomic mass is 16.5. The van der Waals surface area contributed by atoms with Crippen molar-refractivity contribution in [3.05, 3.63) is 77.4 Å². The Balaban J connectivity index is 1.87. The van der Waals surface area contributed by atoms with E-state index in [1.165, 1.54) is 0 Å². The molecule has 4 aromatic rings. The summed E-state index contributed by atoms with van der Waals surface area (Å²) in [5.74, 6) is 0.812. The molecule has 4 rings (SSSR count). The summed E-state index contributed by atoms with van der Waals surface area (Å²) < 4.78 is 9.17. The molecule has 1 aromatic carbocycles. The van der Waals surface area contributed by atoms with Crippen molar-refractivity contribution in [2.75, 3.05) is 7.11 Å². The van der Waals surface area contributed by atoms with Gasteiger partial charge in [0.15, 0.2) is 0 Å². The molecule has 3 aromatic heterocycles. The molecule has 0 unspecified atom stereocenters. The number of aromatic nitrogens is 4. The van der Waals surface area contributed by atoms with Crippen LogP contribution in [0.4, 0.5) is 0 Å². The third-order valence-electron chi connectivity index (χ3n) is 4.92. The number of ether oxygens (including phenoxy) is 1. The molecule has 6 nitrogen and oxygen atoms in total. The Morgan fingerprint density at radius 1 is 1.04 bits per heavy atom. The summed E-state index contributed by atoms with van der Waals surface area (Å²) in [4.78, 5) is 9.04. The molecule has 0 aliphatic heterocycles. The first-order valence-corrected chi connectivity index (χ1v) is 8.76. The van der Waals surface area contributed by atoms with Crippen molar-refractivity contribution in [3.8, 4) is 11.4 Å². The summed E-state index contributed by atoms with van der Waals surface area (Å²) in [6.45, 7) is 4.63. The Bertz CT molecular complexity index is 1160. The van der Waals surface area contributed by atoms with Gasteiger partial charge in [-0.05, 0) is 55.8 Å². The number of hydrogen-bond donors (Lipinski definition) is 1. The van der Waals surface area contributed by atoms with E-state index in [4.69, 9.17) is 10.1 Å². The van der Waals surface area contributed by atoms with Crippen LogP contribution in [-0.4, -0.2) is 26.2 Å². The smallest absolute Gasteiger partial charge is 0.150 e. The zero-order chi connectivity index (χ0) is 19.0. The van der Waals surface area contributed by atoms with Crippen molar-refractivity contribution in [1.82, 2.24) is 19.1 Å². The fourth-order valence-corrected chi connectivity index (χ4v) is 3.35. The van der Waals surface area contributed by atoms with E-state index in [2.05, 4.69) is 21.5 Å². The topological polar surface area (TPSA) is 68.7 Å². The van der Waals surface area contributed by atoms with Gasteiger partial charge in [0.1, 0.15) is 16.9 Å². The lowest BCUT2D eigenvalue weighted by atomic mass is 10.2. The standard InChI is InChI=1S/C21H21N5O/c1-14-15(2)26(17-7-9-18(27-3)10-8-17)21-19(14)20(22)25(13-24-21)12-16-6-4-5-11-23-16/h4-11,13,22H,12H2,1-3H3. The van der Waals surface area contributed by atoms with Crippen molar-refractivity contribution < 1.29 is 4.74 Å². The van der Waals surface area contributed by atoms with Crippen molar-refractivity contribution in [2.45, 2.75) is 20.4 Å². The van der Waals surface area contributed by atoms with E-state index in [0.717, 1.165) is 39.4 Å². The van der Waals surface area contributed by atoms with Gasteiger partial charge in [0.05, 0.1) is 31.1 Å². The Hall–Kier alpha value is -3.41. The quantitative estimate of drug-likeness (QED) is 0.607. The molecule has 0 radical (unpaired) electrons. The second-order valence-corrected chi connectivity index (χ2v) is 6.48. The molecule has 0 atom stereocenters. The largest absolute Gasteiger partial charge is 0.497 e. The van der Waals surface area contributed by atoms with E-state index in [0.29, 0.717) is 12.0 Å². The molecule has 0 saturated carbocycles. The molecule has 3 heterocycles. The summed E-state index contributed by atoms with van der Waals surface area (Å²) in [7, 11) is 1.66. The first-order chi connectivity index (χ1) is 13.1. The van der Waals surface area contributed by atoms with E-state index in [-0.39, 0.29) is 0 Å². The third-order valence-corrected chi connectivity index (χ3v) is 4.92. The zero-order valence-corrected chi connectivity index (χ0v) is 15.6. The van der Waals surface area contributed by atoms with Gasteiger partial charge in [-0.25, -0.2) is 4.98 Å². The highest BCUT2D eigenvalue weighted by molar-refractivity contribution is 5.82. The maximum absolute atomic E-state index is 8.73. The van der Waals surface area contributed by atoms with E-state index >= 15 is 0 Å². The van der Waals surface area contributed by atoms with Gasteiger partial charge < -0.3 is 9.30 Å². The zero-order valence-electron chi connectivity index (χ0n) is 15.6. The number of hydrogen-bond acceptors (Lipinski definition) is 4. The number of pyridine rings is 1. The molecule has 27 heavy (non-hydrogen) atoms. The summed E-state index contributed by atoms with van der Waals surface area (Å²) in [5.41, 5.74) is 5.28. The van der Waals surface area contributed by atoms with Crippen LogP contribution >= 0.6 is 0 Å². The lowest BCUT2D eigenvalue weighted by Gasteiger charge is -2.10. The molecule has 0 amide bonds. The van der Waals surface area contributed by atoms with Crippen LogP contribution in [0.15, 0.2) is 55.0 Å². The van der Waals surface area contributed by atoms with E-state index in [1.807, 2.05) is 54.0 Å². The number of rotatable bonds is 4. The molecular formula is C21H21N5O. The normalized spacial score (nSPS) is 11.1. The van der Waals surface area contributed by atoms with Crippen molar-refractivity contribution in [2.24, 2.45) is 0 Å². The minimum Gasteiger partial charge on any atom is -0.497 e. The molecule has 0 spiro atoms. The molecule has 0 aliphatic carbocycles. The molecule has 0 aliphatic rings. The van der Waals surface area contributed by atoms with Gasteiger partial charge in [-0.3, -0.25) is 15.0 Å². The Morgan fingerprint density at radius 3 is 2.48 bits per heavy atom. The summed E-state index contributed by atoms with van der Waals surface area (Å²) in [6, 6.07) is 13.7. The van der Waals surface area contributed by atoms with Crippen LogP contribution in [0.1, 0.15) is 17.0 Å². The summed E-state index contributed by atoms with van der Waals surface area (Å²) >= 11 is 0. The van der Waals surface area contributed by atoms with Gasteiger partial charge in [0, 0.05) is 17.6 Å². The van der Waals surface area contributed by atoms with Crippen LogP contribution in [0.3, 0.4) is 0 Å².